The smallest absolute Gasteiger partial charge is 0.315 e. The summed E-state index contributed by atoms with van der Waals surface area (Å²) in [6.45, 7) is 14.7. The number of thioether (sulfide) groups is 1. The SMILES string of the molecule is CC(C)C[C@@H]1NC(=O)[C@H](Cc2ccccc2)NC(=O)[C@H](CC(C)C)NC(=O)[C@H](C(C)C)NC(=O)[C@H](CCCCNC(=O)CCOCCOCCOCCOCCNC(=O)CCCC[C@@H]2SC[C@@H]3NC(=O)N[C@@H]32)NC1=O. The lowest BCUT2D eigenvalue weighted by Gasteiger charge is -2.28. The van der Waals surface area contributed by atoms with E-state index in [0.29, 0.717) is 83.9 Å². The van der Waals surface area contributed by atoms with Gasteiger partial charge in [0.1, 0.15) is 30.2 Å². The Morgan fingerprint density at radius 2 is 1.07 bits per heavy atom. The van der Waals surface area contributed by atoms with Crippen LogP contribution in [0.25, 0.3) is 0 Å². The van der Waals surface area contributed by atoms with Gasteiger partial charge in [-0.1, -0.05) is 78.3 Å². The molecule has 3 heterocycles. The second kappa shape index (κ2) is 34.6. The van der Waals surface area contributed by atoms with Crippen LogP contribution in [0.15, 0.2) is 30.3 Å². The summed E-state index contributed by atoms with van der Waals surface area (Å²) in [6, 6.07) is 4.32. The maximum absolute atomic E-state index is 14.0. The Balaban J connectivity index is 1.10. The molecule has 0 unspecified atom stereocenters. The number of urea groups is 1. The third-order valence-electron chi connectivity index (χ3n) is 13.0. The molecule has 75 heavy (non-hydrogen) atoms. The van der Waals surface area contributed by atoms with Crippen molar-refractivity contribution in [3.63, 3.8) is 0 Å². The third-order valence-corrected chi connectivity index (χ3v) is 14.5. The number of rotatable bonds is 32. The number of unbranched alkanes of at least 4 members (excludes halogenated alkanes) is 2. The van der Waals surface area contributed by atoms with Gasteiger partial charge in [-0.3, -0.25) is 33.6 Å². The number of carbonyl (C=O) groups excluding carboxylic acids is 8. The van der Waals surface area contributed by atoms with Crippen LogP contribution in [0.5, 0.6) is 0 Å². The Morgan fingerprint density at radius 1 is 0.547 bits per heavy atom. The molecule has 0 aromatic heterocycles. The van der Waals surface area contributed by atoms with Crippen molar-refractivity contribution in [2.75, 3.05) is 71.7 Å². The van der Waals surface area contributed by atoms with Gasteiger partial charge in [0.2, 0.25) is 41.4 Å². The van der Waals surface area contributed by atoms with Crippen LogP contribution >= 0.6 is 11.8 Å². The Morgan fingerprint density at radius 3 is 1.69 bits per heavy atom. The molecule has 422 valence electrons. The van der Waals surface area contributed by atoms with E-state index < -0.39 is 59.7 Å². The molecule has 22 heteroatoms. The summed E-state index contributed by atoms with van der Waals surface area (Å²) in [4.78, 5) is 106. The molecule has 3 saturated heterocycles. The lowest BCUT2D eigenvalue weighted by Crippen LogP contribution is -2.59. The van der Waals surface area contributed by atoms with Gasteiger partial charge in [0.25, 0.3) is 0 Å². The standard InChI is InChI=1S/C53H87N9O12S/c1-34(2)30-39-49(66)56-38(48(65)61-46(36(5)6)52(69)59-40(31-35(3)4)50(67)58-41(51(68)57-39)32-37-14-8-7-9-15-37)16-12-13-20-54-45(64)19-22-71-24-26-73-28-29-74-27-25-72-23-21-55-44(63)18-11-10-17-43-47-42(33-75-43)60-53(70)62-47/h7-9,14-15,34-36,38-43,46-47H,10-13,16-33H2,1-6H3,(H,54,64)(H,55,63)(H,56,66)(H,57,68)(H,58,67)(H,59,69)(H,61,65)(H2,60,62,70)/t38-,39-,40-,41-,42-,43-,46-,47-/m0/s1. The first-order valence-electron chi connectivity index (χ1n) is 27.1. The molecule has 0 saturated carbocycles. The highest BCUT2D eigenvalue weighted by atomic mass is 32.2. The molecule has 3 aliphatic heterocycles. The Hall–Kier alpha value is -5.03. The average Bonchev–Trinajstić information content (AvgIpc) is 3.92. The molecule has 3 aliphatic rings. The number of nitrogens with one attached hydrogen (secondary N) is 9. The van der Waals surface area contributed by atoms with Crippen LogP contribution in [0.2, 0.25) is 0 Å². The molecular weight excluding hydrogens is 987 g/mol. The van der Waals surface area contributed by atoms with Crippen molar-refractivity contribution in [1.29, 1.82) is 0 Å². The summed E-state index contributed by atoms with van der Waals surface area (Å²) >= 11 is 1.88. The zero-order valence-corrected chi connectivity index (χ0v) is 45.9. The van der Waals surface area contributed by atoms with Gasteiger partial charge in [-0.15, -0.1) is 0 Å². The summed E-state index contributed by atoms with van der Waals surface area (Å²) in [5.41, 5.74) is 0.790. The number of amides is 9. The molecule has 0 bridgehead atoms. The summed E-state index contributed by atoms with van der Waals surface area (Å²) in [5, 5.41) is 26.3. The molecule has 9 amide bonds. The monoisotopic (exact) mass is 1070 g/mol. The van der Waals surface area contributed by atoms with Crippen LogP contribution in [0.3, 0.4) is 0 Å². The van der Waals surface area contributed by atoms with E-state index >= 15 is 0 Å². The van der Waals surface area contributed by atoms with E-state index in [0.717, 1.165) is 30.6 Å². The van der Waals surface area contributed by atoms with Crippen molar-refractivity contribution >= 4 is 59.1 Å². The average molecular weight is 1070 g/mol. The van der Waals surface area contributed by atoms with Crippen molar-refractivity contribution in [1.82, 2.24) is 47.9 Å². The van der Waals surface area contributed by atoms with Crippen LogP contribution in [0.4, 0.5) is 4.79 Å². The highest BCUT2D eigenvalue weighted by molar-refractivity contribution is 8.00. The highest BCUT2D eigenvalue weighted by Crippen LogP contribution is 2.33. The van der Waals surface area contributed by atoms with Crippen molar-refractivity contribution < 1.29 is 57.3 Å². The van der Waals surface area contributed by atoms with Crippen LogP contribution in [-0.4, -0.2) is 167 Å². The van der Waals surface area contributed by atoms with E-state index in [1.807, 2.05) is 69.8 Å². The molecule has 0 aliphatic carbocycles. The molecule has 21 nitrogen and oxygen atoms in total. The zero-order chi connectivity index (χ0) is 54.5. The predicted molar refractivity (Wildman–Crippen MR) is 285 cm³/mol. The third kappa shape index (κ3) is 24.2. The minimum absolute atomic E-state index is 0.0000843. The van der Waals surface area contributed by atoms with Crippen LogP contribution < -0.4 is 47.9 Å². The second-order valence-corrected chi connectivity index (χ2v) is 22.0. The maximum Gasteiger partial charge on any atom is 0.315 e. The minimum Gasteiger partial charge on any atom is -0.379 e. The summed E-state index contributed by atoms with van der Waals surface area (Å²) in [7, 11) is 0. The van der Waals surface area contributed by atoms with Crippen LogP contribution in [-0.2, 0) is 58.9 Å². The molecule has 0 radical (unpaired) electrons. The van der Waals surface area contributed by atoms with Gasteiger partial charge in [0.05, 0.1) is 64.9 Å². The van der Waals surface area contributed by atoms with Gasteiger partial charge in [0, 0.05) is 43.4 Å². The minimum atomic E-state index is -1.07. The summed E-state index contributed by atoms with van der Waals surface area (Å²) in [5.74, 6) is -2.49. The summed E-state index contributed by atoms with van der Waals surface area (Å²) < 4.78 is 22.2. The number of hydrogen-bond acceptors (Lipinski definition) is 13. The van der Waals surface area contributed by atoms with E-state index in [-0.39, 0.29) is 86.4 Å². The van der Waals surface area contributed by atoms with Crippen molar-refractivity contribution in [2.24, 2.45) is 17.8 Å². The first-order valence-corrected chi connectivity index (χ1v) is 28.1. The molecule has 4 rings (SSSR count). The van der Waals surface area contributed by atoms with Gasteiger partial charge in [-0.2, -0.15) is 11.8 Å². The Kier molecular flexibility index (Phi) is 28.8. The van der Waals surface area contributed by atoms with E-state index in [9.17, 15) is 38.4 Å². The van der Waals surface area contributed by atoms with E-state index in [4.69, 9.17) is 18.9 Å². The van der Waals surface area contributed by atoms with Crippen LogP contribution in [0.1, 0.15) is 111 Å². The topological polar surface area (TPSA) is 282 Å². The fraction of sp³-hybridized carbons (Fsp3) is 0.736. The molecule has 1 aromatic rings. The van der Waals surface area contributed by atoms with E-state index in [1.54, 1.807) is 13.8 Å². The first kappa shape index (κ1) is 62.5. The van der Waals surface area contributed by atoms with Gasteiger partial charge in [0.15, 0.2) is 0 Å². The predicted octanol–water partition coefficient (Wildman–Crippen LogP) is 2.00. The van der Waals surface area contributed by atoms with Gasteiger partial charge >= 0.3 is 6.03 Å². The lowest BCUT2D eigenvalue weighted by atomic mass is 9.98. The van der Waals surface area contributed by atoms with E-state index in [2.05, 4.69) is 47.9 Å². The van der Waals surface area contributed by atoms with Crippen LogP contribution in [0, 0.1) is 17.8 Å². The molecule has 0 spiro atoms. The Bertz CT molecular complexity index is 1950. The first-order chi connectivity index (χ1) is 36.0. The zero-order valence-electron chi connectivity index (χ0n) is 45.1. The number of carbonyl (C=O) groups is 8. The highest BCUT2D eigenvalue weighted by Gasteiger charge is 2.42. The Labute approximate surface area is 447 Å². The second-order valence-electron chi connectivity index (χ2n) is 20.7. The van der Waals surface area contributed by atoms with Gasteiger partial charge < -0.3 is 66.8 Å². The van der Waals surface area contributed by atoms with Gasteiger partial charge in [-0.25, -0.2) is 4.79 Å². The normalized spacial score (nSPS) is 23.5. The van der Waals surface area contributed by atoms with Crippen molar-refractivity contribution in [2.45, 2.75) is 160 Å². The molecule has 3 fully saturated rings. The molecular formula is C53H87N9O12S. The fourth-order valence-corrected chi connectivity index (χ4v) is 10.5. The van der Waals surface area contributed by atoms with Crippen molar-refractivity contribution in [3.05, 3.63) is 35.9 Å². The van der Waals surface area contributed by atoms with E-state index in [1.165, 1.54) is 0 Å². The van der Waals surface area contributed by atoms with Gasteiger partial charge in [-0.05, 0) is 68.3 Å². The molecule has 8 atom stereocenters. The largest absolute Gasteiger partial charge is 0.379 e. The fourth-order valence-electron chi connectivity index (χ4n) is 8.94. The summed E-state index contributed by atoms with van der Waals surface area (Å²) in [6.07, 6.45) is 5.12. The van der Waals surface area contributed by atoms with Crippen molar-refractivity contribution in [3.8, 4) is 0 Å². The number of benzene rings is 1. The number of fused-ring (bicyclic) bond motifs is 1. The quantitative estimate of drug-likeness (QED) is 0.0370. The molecule has 9 N–H and O–H groups in total. The lowest BCUT2D eigenvalue weighted by molar-refractivity contribution is -0.135. The molecule has 1 aromatic carbocycles. The maximum atomic E-state index is 14.0. The number of hydrogen-bond donors (Lipinski definition) is 9. The number of ether oxygens (including phenoxy) is 4.